The highest BCUT2D eigenvalue weighted by Gasteiger charge is 2.30. The molecule has 24 heavy (non-hydrogen) atoms. The highest BCUT2D eigenvalue weighted by atomic mass is 19.4. The molecule has 2 aromatic heterocycles. The maximum atomic E-state index is 12.9. The Bertz CT molecular complexity index is 1060. The van der Waals surface area contributed by atoms with E-state index in [9.17, 15) is 13.2 Å². The third-order valence-corrected chi connectivity index (χ3v) is 4.23. The van der Waals surface area contributed by atoms with Gasteiger partial charge < -0.3 is 4.98 Å². The van der Waals surface area contributed by atoms with Crippen LogP contribution in [-0.4, -0.2) is 9.97 Å². The molecule has 4 rings (SSSR count). The van der Waals surface area contributed by atoms with Crippen LogP contribution in [0, 0.1) is 6.92 Å². The highest BCUT2D eigenvalue weighted by Crippen LogP contribution is 2.34. The zero-order chi connectivity index (χ0) is 16.9. The van der Waals surface area contributed by atoms with Crippen LogP contribution < -0.4 is 0 Å². The number of nitrogens with one attached hydrogen (secondary N) is 1. The van der Waals surface area contributed by atoms with E-state index in [1.54, 1.807) is 12.3 Å². The van der Waals surface area contributed by atoms with Crippen LogP contribution in [-0.2, 0) is 6.18 Å². The van der Waals surface area contributed by atoms with E-state index in [-0.39, 0.29) is 0 Å². The molecule has 0 amide bonds. The number of alkyl halides is 3. The van der Waals surface area contributed by atoms with Crippen molar-refractivity contribution in [3.63, 3.8) is 0 Å². The Kier molecular flexibility index (Phi) is 3.13. The molecule has 0 atom stereocenters. The second-order valence-electron chi connectivity index (χ2n) is 5.78. The molecule has 0 unspecified atom stereocenters. The molecule has 0 radical (unpaired) electrons. The Labute approximate surface area is 136 Å². The fraction of sp³-hybridized carbons (Fsp3) is 0.105. The number of pyridine rings is 1. The number of fused-ring (bicyclic) bond motifs is 3. The summed E-state index contributed by atoms with van der Waals surface area (Å²) in [6.07, 6.45) is -2.61. The lowest BCUT2D eigenvalue weighted by Crippen LogP contribution is -2.04. The molecule has 5 heteroatoms. The number of aromatic nitrogens is 2. The molecular weight excluding hydrogens is 313 g/mol. The van der Waals surface area contributed by atoms with Crippen molar-refractivity contribution in [2.75, 3.05) is 0 Å². The van der Waals surface area contributed by atoms with Crippen LogP contribution in [0.25, 0.3) is 32.9 Å². The van der Waals surface area contributed by atoms with Gasteiger partial charge in [0.2, 0.25) is 0 Å². The number of hydrogen-bond donors (Lipinski definition) is 1. The first-order valence-corrected chi connectivity index (χ1v) is 7.48. The average molecular weight is 326 g/mol. The fourth-order valence-electron chi connectivity index (χ4n) is 3.01. The molecule has 0 bridgehead atoms. The minimum Gasteiger partial charge on any atom is -0.353 e. The third kappa shape index (κ3) is 2.33. The van der Waals surface area contributed by atoms with Crippen molar-refractivity contribution in [2.24, 2.45) is 0 Å². The van der Waals surface area contributed by atoms with Gasteiger partial charge >= 0.3 is 6.18 Å². The van der Waals surface area contributed by atoms with Crippen molar-refractivity contribution < 1.29 is 13.2 Å². The van der Waals surface area contributed by atoms with E-state index in [1.807, 2.05) is 31.2 Å². The predicted octanol–water partition coefficient (Wildman–Crippen LogP) is 5.71. The topological polar surface area (TPSA) is 28.7 Å². The molecule has 0 spiro atoms. The van der Waals surface area contributed by atoms with Gasteiger partial charge in [-0.3, -0.25) is 4.98 Å². The van der Waals surface area contributed by atoms with Crippen molar-refractivity contribution in [2.45, 2.75) is 13.1 Å². The van der Waals surface area contributed by atoms with Crippen molar-refractivity contribution in [1.29, 1.82) is 0 Å². The van der Waals surface area contributed by atoms with Crippen LogP contribution in [0.4, 0.5) is 13.2 Å². The van der Waals surface area contributed by atoms with E-state index in [0.29, 0.717) is 5.56 Å². The average Bonchev–Trinajstić information content (AvgIpc) is 2.94. The summed E-state index contributed by atoms with van der Waals surface area (Å²) in [5, 5.41) is 2.00. The second-order valence-corrected chi connectivity index (χ2v) is 5.78. The Morgan fingerprint density at radius 1 is 0.917 bits per heavy atom. The summed E-state index contributed by atoms with van der Waals surface area (Å²) in [5.74, 6) is 0. The SMILES string of the molecule is Cc1nccc2c1[nH]c1ccc(-c3cccc(C(F)(F)F)c3)cc12. The zero-order valence-corrected chi connectivity index (χ0v) is 12.8. The molecule has 2 nitrogen and oxygen atoms in total. The molecule has 4 aromatic rings. The monoisotopic (exact) mass is 326 g/mol. The van der Waals surface area contributed by atoms with Gasteiger partial charge in [0.25, 0.3) is 0 Å². The highest BCUT2D eigenvalue weighted by molar-refractivity contribution is 6.09. The lowest BCUT2D eigenvalue weighted by Gasteiger charge is -2.09. The summed E-state index contributed by atoms with van der Waals surface area (Å²) in [5.41, 5.74) is 3.45. The van der Waals surface area contributed by atoms with E-state index in [2.05, 4.69) is 9.97 Å². The van der Waals surface area contributed by atoms with Crippen molar-refractivity contribution in [1.82, 2.24) is 9.97 Å². The van der Waals surface area contributed by atoms with Crippen molar-refractivity contribution in [3.8, 4) is 11.1 Å². The maximum Gasteiger partial charge on any atom is 0.416 e. The number of nitrogens with zero attached hydrogens (tertiary/aromatic N) is 1. The van der Waals surface area contributed by atoms with E-state index < -0.39 is 11.7 Å². The number of halogens is 3. The summed E-state index contributed by atoms with van der Waals surface area (Å²) in [4.78, 5) is 7.58. The lowest BCUT2D eigenvalue weighted by molar-refractivity contribution is -0.137. The normalized spacial score (nSPS) is 12.2. The van der Waals surface area contributed by atoms with Gasteiger partial charge in [-0.05, 0) is 48.4 Å². The van der Waals surface area contributed by atoms with Gasteiger partial charge in [-0.15, -0.1) is 0 Å². The quantitative estimate of drug-likeness (QED) is 0.477. The number of hydrogen-bond acceptors (Lipinski definition) is 1. The molecule has 0 saturated carbocycles. The Morgan fingerprint density at radius 3 is 2.50 bits per heavy atom. The fourth-order valence-corrected chi connectivity index (χ4v) is 3.01. The molecule has 0 aliphatic heterocycles. The first kappa shape index (κ1) is 14.8. The van der Waals surface area contributed by atoms with Crippen LogP contribution in [0.3, 0.4) is 0 Å². The standard InChI is InChI=1S/C19H13F3N2/c1-11-18-15(7-8-23-11)16-10-13(5-6-17(16)24-18)12-3-2-4-14(9-12)19(20,21)22/h2-10,24H,1H3. The van der Waals surface area contributed by atoms with Gasteiger partial charge in [-0.25, -0.2) is 0 Å². The largest absolute Gasteiger partial charge is 0.416 e. The molecule has 1 N–H and O–H groups in total. The Balaban J connectivity index is 1.92. The minimum absolute atomic E-state index is 0.548. The molecule has 2 aromatic carbocycles. The van der Waals surface area contributed by atoms with Gasteiger partial charge in [0.05, 0.1) is 16.8 Å². The van der Waals surface area contributed by atoms with E-state index >= 15 is 0 Å². The summed E-state index contributed by atoms with van der Waals surface area (Å²) in [6.45, 7) is 1.92. The van der Waals surface area contributed by atoms with Crippen molar-refractivity contribution in [3.05, 3.63) is 66.0 Å². The number of aryl methyl sites for hydroxylation is 1. The van der Waals surface area contributed by atoms with E-state index in [4.69, 9.17) is 0 Å². The van der Waals surface area contributed by atoms with Gasteiger partial charge in [-0.2, -0.15) is 13.2 Å². The number of H-pyrrole nitrogens is 1. The van der Waals surface area contributed by atoms with E-state index in [0.717, 1.165) is 39.1 Å². The van der Waals surface area contributed by atoms with Crippen molar-refractivity contribution >= 4 is 21.8 Å². The lowest BCUT2D eigenvalue weighted by atomic mass is 10.0. The van der Waals surface area contributed by atoms with Gasteiger partial charge in [-0.1, -0.05) is 18.2 Å². The van der Waals surface area contributed by atoms with Crippen LogP contribution in [0.5, 0.6) is 0 Å². The summed E-state index contributed by atoms with van der Waals surface area (Å²) in [7, 11) is 0. The minimum atomic E-state index is -4.34. The number of rotatable bonds is 1. The maximum absolute atomic E-state index is 12.9. The van der Waals surface area contributed by atoms with Crippen LogP contribution >= 0.6 is 0 Å². The Morgan fingerprint density at radius 2 is 1.71 bits per heavy atom. The first-order valence-electron chi connectivity index (χ1n) is 7.48. The number of aromatic amines is 1. The van der Waals surface area contributed by atoms with Gasteiger partial charge in [0.1, 0.15) is 0 Å². The molecule has 120 valence electrons. The molecular formula is C19H13F3N2. The predicted molar refractivity (Wildman–Crippen MR) is 88.8 cm³/mol. The number of benzene rings is 2. The smallest absolute Gasteiger partial charge is 0.353 e. The second kappa shape index (κ2) is 5.09. The molecule has 0 fully saturated rings. The molecule has 2 heterocycles. The van der Waals surface area contributed by atoms with Gasteiger partial charge in [0, 0.05) is 22.5 Å². The molecule has 0 aliphatic carbocycles. The Hall–Kier alpha value is -2.82. The summed E-state index contributed by atoms with van der Waals surface area (Å²) >= 11 is 0. The summed E-state index contributed by atoms with van der Waals surface area (Å²) < 4.78 is 38.8. The molecule has 0 aliphatic rings. The van der Waals surface area contributed by atoms with Gasteiger partial charge in [0.15, 0.2) is 0 Å². The first-order chi connectivity index (χ1) is 11.4. The molecule has 0 saturated heterocycles. The van der Waals surface area contributed by atoms with Crippen LogP contribution in [0.15, 0.2) is 54.7 Å². The zero-order valence-electron chi connectivity index (χ0n) is 12.8. The summed E-state index contributed by atoms with van der Waals surface area (Å²) in [6, 6.07) is 13.0. The van der Waals surface area contributed by atoms with Crippen LogP contribution in [0.2, 0.25) is 0 Å². The van der Waals surface area contributed by atoms with E-state index in [1.165, 1.54) is 12.1 Å². The van der Waals surface area contributed by atoms with Crippen LogP contribution in [0.1, 0.15) is 11.3 Å². The third-order valence-electron chi connectivity index (χ3n) is 4.23.